The predicted octanol–water partition coefficient (Wildman–Crippen LogP) is 5.52. The summed E-state index contributed by atoms with van der Waals surface area (Å²) in [6.07, 6.45) is 14.0. The molecule has 11 heteroatoms. The molecule has 0 radical (unpaired) electrons. The minimum atomic E-state index is -0.435. The fraction of sp³-hybridized carbons (Fsp3) is 0.486. The van der Waals surface area contributed by atoms with Crippen molar-refractivity contribution in [1.29, 1.82) is 0 Å². The van der Waals surface area contributed by atoms with E-state index in [0.717, 1.165) is 48.0 Å². The first-order chi connectivity index (χ1) is 22.2. The van der Waals surface area contributed by atoms with Gasteiger partial charge in [-0.15, -0.1) is 0 Å². The van der Waals surface area contributed by atoms with E-state index in [9.17, 15) is 19.2 Å². The van der Waals surface area contributed by atoms with E-state index in [1.165, 1.54) is 30.6 Å². The van der Waals surface area contributed by atoms with Gasteiger partial charge in [0.25, 0.3) is 0 Å². The smallest absolute Gasteiger partial charge is 0.305 e. The normalized spacial score (nSPS) is 20.7. The number of unbranched alkanes of at least 4 members (excludes halogenated alkanes) is 3. The molecule has 3 aliphatic rings. The van der Waals surface area contributed by atoms with Crippen LogP contribution in [0.2, 0.25) is 0 Å². The number of likely N-dealkylation sites (tertiary alicyclic amines) is 1. The zero-order valence-electron chi connectivity index (χ0n) is 26.8. The standard InChI is InChI=1S/C15H25NO2.C13H17N3O2.C7H5NOS/c1-3-4-5-6-7-8-12-11-13(12)14(17)16-18-15(2)9-10-15;14-13(18)11-7-4-8-16(11)12(17)9-15-10-5-2-1-3-6-10;9-7-8-5-3-1-2-4-6(5)10-7/h7-8,12-13H,3-6,9-11H2,1-2H3,(H,16,17);1-3,5-6,11,15H,4,7-9H2,(H2,14,18);1-4H,(H,8,9)/b8-7-;;. The first kappa shape index (κ1) is 34.9. The Labute approximate surface area is 274 Å². The van der Waals surface area contributed by atoms with Crippen molar-refractivity contribution >= 4 is 45.0 Å². The minimum Gasteiger partial charge on any atom is -0.376 e. The second-order valence-electron chi connectivity index (χ2n) is 12.3. The van der Waals surface area contributed by atoms with Crippen molar-refractivity contribution in [3.05, 3.63) is 76.4 Å². The maximum atomic E-state index is 12.0. The lowest BCUT2D eigenvalue weighted by Gasteiger charge is -2.22. The molecule has 2 aromatic carbocycles. The Morgan fingerprint density at radius 1 is 1.11 bits per heavy atom. The van der Waals surface area contributed by atoms with Crippen molar-refractivity contribution in [3.63, 3.8) is 0 Å². The van der Waals surface area contributed by atoms with Gasteiger partial charge in [0.1, 0.15) is 6.04 Å². The van der Waals surface area contributed by atoms with E-state index < -0.39 is 11.9 Å². The molecule has 0 bridgehead atoms. The van der Waals surface area contributed by atoms with Gasteiger partial charge in [-0.1, -0.05) is 73.6 Å². The van der Waals surface area contributed by atoms with Crippen LogP contribution >= 0.6 is 11.3 Å². The quantitative estimate of drug-likeness (QED) is 0.115. The van der Waals surface area contributed by atoms with Gasteiger partial charge in [0.2, 0.25) is 17.7 Å². The molecule has 2 aliphatic carbocycles. The lowest BCUT2D eigenvalue weighted by Crippen LogP contribution is -2.45. The van der Waals surface area contributed by atoms with E-state index >= 15 is 0 Å². The molecule has 1 aliphatic heterocycles. The molecule has 2 saturated carbocycles. The maximum absolute atomic E-state index is 12.0. The third kappa shape index (κ3) is 11.1. The summed E-state index contributed by atoms with van der Waals surface area (Å²) in [6, 6.07) is 16.7. The molecule has 46 heavy (non-hydrogen) atoms. The van der Waals surface area contributed by atoms with E-state index in [0.29, 0.717) is 18.9 Å². The van der Waals surface area contributed by atoms with Gasteiger partial charge in [-0.25, -0.2) is 5.48 Å². The highest BCUT2D eigenvalue weighted by Crippen LogP contribution is 2.41. The number of aromatic nitrogens is 1. The summed E-state index contributed by atoms with van der Waals surface area (Å²) in [5.74, 6) is 0.157. The Kier molecular flexibility index (Phi) is 13.0. The van der Waals surface area contributed by atoms with Crippen LogP contribution in [-0.2, 0) is 19.2 Å². The van der Waals surface area contributed by atoms with E-state index in [4.69, 9.17) is 10.6 Å². The second-order valence-corrected chi connectivity index (χ2v) is 13.3. The number of nitrogens with zero attached hydrogens (tertiary/aromatic N) is 1. The number of primary amides is 1. The number of carbonyl (C=O) groups is 3. The summed E-state index contributed by atoms with van der Waals surface area (Å²) < 4.78 is 1.02. The van der Waals surface area contributed by atoms with Crippen molar-refractivity contribution < 1.29 is 19.2 Å². The number of thiazole rings is 1. The number of aromatic amines is 1. The fourth-order valence-corrected chi connectivity index (χ4v) is 5.87. The predicted molar refractivity (Wildman–Crippen MR) is 183 cm³/mol. The van der Waals surface area contributed by atoms with Crippen LogP contribution in [0.25, 0.3) is 10.2 Å². The maximum Gasteiger partial charge on any atom is 0.305 e. The Hall–Kier alpha value is -3.96. The van der Waals surface area contributed by atoms with Crippen molar-refractivity contribution in [3.8, 4) is 0 Å². The molecule has 5 N–H and O–H groups in total. The summed E-state index contributed by atoms with van der Waals surface area (Å²) in [7, 11) is 0. The van der Waals surface area contributed by atoms with Gasteiger partial charge < -0.3 is 20.9 Å². The first-order valence-corrected chi connectivity index (χ1v) is 17.1. The molecule has 3 atom stereocenters. The number of amides is 3. The average molecular weight is 650 g/mol. The van der Waals surface area contributed by atoms with E-state index in [1.807, 2.05) is 61.5 Å². The zero-order valence-corrected chi connectivity index (χ0v) is 27.7. The van der Waals surface area contributed by atoms with E-state index in [-0.39, 0.29) is 34.8 Å². The van der Waals surface area contributed by atoms with Crippen LogP contribution in [0.15, 0.2) is 71.5 Å². The summed E-state index contributed by atoms with van der Waals surface area (Å²) in [4.78, 5) is 55.4. The number of para-hydroxylation sites is 2. The number of carbonyl (C=O) groups excluding carboxylic acids is 3. The van der Waals surface area contributed by atoms with Crippen LogP contribution in [0.5, 0.6) is 0 Å². The third-order valence-electron chi connectivity index (χ3n) is 8.33. The largest absolute Gasteiger partial charge is 0.376 e. The highest BCUT2D eigenvalue weighted by atomic mass is 32.1. The molecule has 0 spiro atoms. The lowest BCUT2D eigenvalue weighted by atomic mass is 10.2. The van der Waals surface area contributed by atoms with Crippen LogP contribution in [0.1, 0.15) is 71.6 Å². The molecule has 248 valence electrons. The molecule has 3 amide bonds. The molecule has 3 fully saturated rings. The zero-order chi connectivity index (χ0) is 32.9. The summed E-state index contributed by atoms with van der Waals surface area (Å²) in [5, 5.41) is 3.04. The number of hydrogen-bond acceptors (Lipinski definition) is 7. The molecule has 3 unspecified atom stereocenters. The highest BCUT2D eigenvalue weighted by Gasteiger charge is 2.44. The Balaban J connectivity index is 0.000000163. The number of allylic oxidation sites excluding steroid dienone is 2. The van der Waals surface area contributed by atoms with Crippen LogP contribution in [-0.4, -0.2) is 52.3 Å². The molecule has 6 rings (SSSR count). The molecule has 1 aromatic heterocycles. The van der Waals surface area contributed by atoms with Gasteiger partial charge >= 0.3 is 4.87 Å². The monoisotopic (exact) mass is 649 g/mol. The molecular weight excluding hydrogens is 602 g/mol. The fourth-order valence-electron chi connectivity index (χ4n) is 5.13. The van der Waals surface area contributed by atoms with Crippen LogP contribution in [0, 0.1) is 11.8 Å². The van der Waals surface area contributed by atoms with Crippen LogP contribution in [0.3, 0.4) is 0 Å². The number of nitrogens with two attached hydrogens (primary N) is 1. The number of benzene rings is 2. The number of anilines is 1. The number of H-pyrrole nitrogens is 1. The van der Waals surface area contributed by atoms with Crippen LogP contribution < -0.4 is 21.4 Å². The molecule has 10 nitrogen and oxygen atoms in total. The van der Waals surface area contributed by atoms with Gasteiger partial charge in [0, 0.05) is 18.2 Å². The molecular formula is C35H47N5O5S. The Morgan fingerprint density at radius 2 is 1.85 bits per heavy atom. The van der Waals surface area contributed by atoms with Gasteiger partial charge in [-0.05, 0) is 82.1 Å². The minimum absolute atomic E-state index is 0.0150. The molecule has 3 aromatic rings. The Morgan fingerprint density at radius 3 is 2.54 bits per heavy atom. The summed E-state index contributed by atoms with van der Waals surface area (Å²) in [5.41, 5.74) is 9.64. The number of nitrogens with one attached hydrogen (secondary N) is 3. The van der Waals surface area contributed by atoms with E-state index in [2.05, 4.69) is 34.9 Å². The first-order valence-electron chi connectivity index (χ1n) is 16.3. The number of hydroxylamine groups is 1. The van der Waals surface area contributed by atoms with E-state index in [1.54, 1.807) is 4.90 Å². The van der Waals surface area contributed by atoms with Gasteiger partial charge in [0.15, 0.2) is 0 Å². The van der Waals surface area contributed by atoms with Crippen LogP contribution in [0.4, 0.5) is 5.69 Å². The number of rotatable bonds is 12. The lowest BCUT2D eigenvalue weighted by molar-refractivity contribution is -0.141. The topological polar surface area (TPSA) is 147 Å². The third-order valence-corrected chi connectivity index (χ3v) is 9.20. The SMILES string of the molecule is CCCCC/C=C\C1CC1C(=O)NOC1(C)CC1.NC(=O)C1CCCN1C(=O)CNc1ccccc1.O=c1[nH]c2ccccc2s1. The second kappa shape index (κ2) is 17.1. The molecule has 2 heterocycles. The van der Waals surface area contributed by atoms with Gasteiger partial charge in [0.05, 0.1) is 22.4 Å². The van der Waals surface area contributed by atoms with Crippen molar-refractivity contribution in [2.45, 2.75) is 83.3 Å². The van der Waals surface area contributed by atoms with Gasteiger partial charge in [-0.2, -0.15) is 0 Å². The number of fused-ring (bicyclic) bond motifs is 1. The number of hydrogen-bond donors (Lipinski definition) is 4. The average Bonchev–Trinajstić information content (AvgIpc) is 3.88. The van der Waals surface area contributed by atoms with Crippen molar-refractivity contribution in [2.75, 3.05) is 18.4 Å². The highest BCUT2D eigenvalue weighted by molar-refractivity contribution is 7.16. The Bertz CT molecular complexity index is 1480. The molecule has 1 saturated heterocycles. The summed E-state index contributed by atoms with van der Waals surface area (Å²) in [6.45, 7) is 5.05. The summed E-state index contributed by atoms with van der Waals surface area (Å²) >= 11 is 1.24. The van der Waals surface area contributed by atoms with Crippen molar-refractivity contribution in [2.24, 2.45) is 17.6 Å². The van der Waals surface area contributed by atoms with Gasteiger partial charge in [-0.3, -0.25) is 24.0 Å². The van der Waals surface area contributed by atoms with Crippen molar-refractivity contribution in [1.82, 2.24) is 15.4 Å².